The van der Waals surface area contributed by atoms with Crippen LogP contribution in [0.3, 0.4) is 0 Å². The highest BCUT2D eigenvalue weighted by atomic mass is 16.3. The van der Waals surface area contributed by atoms with Crippen LogP contribution in [0.2, 0.25) is 0 Å². The van der Waals surface area contributed by atoms with Gasteiger partial charge in [-0.05, 0) is 44.9 Å². The number of likely N-dealkylation sites (tertiary alicyclic amines) is 1. The Morgan fingerprint density at radius 3 is 2.88 bits per heavy atom. The largest absolute Gasteiger partial charge is 0.451 e. The molecule has 0 unspecified atom stereocenters. The molecule has 0 spiro atoms. The van der Waals surface area contributed by atoms with Gasteiger partial charge in [-0.25, -0.2) is 0 Å². The summed E-state index contributed by atoms with van der Waals surface area (Å²) in [6.07, 6.45) is 2.03. The third kappa shape index (κ3) is 2.60. The molecule has 1 atom stereocenters. The summed E-state index contributed by atoms with van der Waals surface area (Å²) in [7, 11) is 0. The first-order valence-corrected chi connectivity index (χ1v) is 8.42. The van der Waals surface area contributed by atoms with E-state index in [1.54, 1.807) is 0 Å². The van der Waals surface area contributed by atoms with Gasteiger partial charge in [-0.15, -0.1) is 0 Å². The molecule has 124 valence electrons. The molecule has 24 heavy (non-hydrogen) atoms. The lowest BCUT2D eigenvalue weighted by molar-refractivity contribution is 0.0691. The molecule has 0 aliphatic carbocycles. The van der Waals surface area contributed by atoms with Gasteiger partial charge in [0.15, 0.2) is 5.76 Å². The third-order valence-corrected chi connectivity index (χ3v) is 4.76. The molecule has 1 aromatic carbocycles. The summed E-state index contributed by atoms with van der Waals surface area (Å²) in [6.45, 7) is 5.57. The average Bonchev–Trinajstić information content (AvgIpc) is 3.26. The molecule has 5 nitrogen and oxygen atoms in total. The van der Waals surface area contributed by atoms with Crippen LogP contribution in [0.25, 0.3) is 11.0 Å². The van der Waals surface area contributed by atoms with Gasteiger partial charge in [0.05, 0.1) is 18.3 Å². The van der Waals surface area contributed by atoms with Crippen molar-refractivity contribution in [1.29, 1.82) is 0 Å². The Hall–Kier alpha value is -2.56. The van der Waals surface area contributed by atoms with Crippen LogP contribution in [-0.4, -0.2) is 33.2 Å². The van der Waals surface area contributed by atoms with Gasteiger partial charge in [-0.3, -0.25) is 9.48 Å². The number of para-hydroxylation sites is 1. The van der Waals surface area contributed by atoms with E-state index < -0.39 is 0 Å². The molecule has 1 amide bonds. The van der Waals surface area contributed by atoms with Gasteiger partial charge < -0.3 is 9.32 Å². The summed E-state index contributed by atoms with van der Waals surface area (Å²) in [4.78, 5) is 14.8. The first kappa shape index (κ1) is 15.0. The Morgan fingerprint density at radius 2 is 2.12 bits per heavy atom. The fourth-order valence-corrected chi connectivity index (χ4v) is 3.58. The second kappa shape index (κ2) is 5.82. The van der Waals surface area contributed by atoms with Crippen molar-refractivity contribution in [2.75, 3.05) is 6.54 Å². The lowest BCUT2D eigenvalue weighted by Gasteiger charge is -2.24. The number of aromatic nitrogens is 2. The molecule has 0 bridgehead atoms. The van der Waals surface area contributed by atoms with E-state index in [1.165, 1.54) is 0 Å². The standard InChI is InChI=1S/C19H21N3O2/c1-13-10-14(2)22(20-13)12-16-7-5-9-21(16)19(23)18-11-15-6-3-4-8-17(15)24-18/h3-4,6,8,10-11,16H,5,7,9,12H2,1-2H3/t16-/m1/s1. The number of hydrogen-bond donors (Lipinski definition) is 0. The van der Waals surface area contributed by atoms with Crippen molar-refractivity contribution in [1.82, 2.24) is 14.7 Å². The van der Waals surface area contributed by atoms with Gasteiger partial charge in [-0.2, -0.15) is 5.10 Å². The number of carbonyl (C=O) groups is 1. The number of benzene rings is 1. The van der Waals surface area contributed by atoms with E-state index in [4.69, 9.17) is 4.42 Å². The van der Waals surface area contributed by atoms with E-state index in [9.17, 15) is 4.79 Å². The first-order chi connectivity index (χ1) is 11.6. The molecule has 1 aliphatic rings. The molecule has 0 radical (unpaired) electrons. The fourth-order valence-electron chi connectivity index (χ4n) is 3.58. The minimum atomic E-state index is -0.0183. The Kier molecular flexibility index (Phi) is 3.63. The second-order valence-electron chi connectivity index (χ2n) is 6.55. The van der Waals surface area contributed by atoms with Crippen molar-refractivity contribution in [2.45, 2.75) is 39.3 Å². The molecule has 3 aromatic rings. The summed E-state index contributed by atoms with van der Waals surface area (Å²) in [5.41, 5.74) is 2.91. The molecule has 1 saturated heterocycles. The number of amides is 1. The van der Waals surface area contributed by atoms with Crippen LogP contribution in [0.15, 0.2) is 40.8 Å². The van der Waals surface area contributed by atoms with Gasteiger partial charge in [-0.1, -0.05) is 18.2 Å². The number of furan rings is 1. The summed E-state index contributed by atoms with van der Waals surface area (Å²) in [5.74, 6) is 0.409. The number of aryl methyl sites for hydroxylation is 2. The zero-order chi connectivity index (χ0) is 16.7. The molecular formula is C19H21N3O2. The first-order valence-electron chi connectivity index (χ1n) is 8.42. The highest BCUT2D eigenvalue weighted by molar-refractivity contribution is 5.96. The molecule has 1 fully saturated rings. The molecular weight excluding hydrogens is 302 g/mol. The van der Waals surface area contributed by atoms with E-state index >= 15 is 0 Å². The number of hydrogen-bond acceptors (Lipinski definition) is 3. The molecule has 4 rings (SSSR count). The molecule has 2 aromatic heterocycles. The van der Waals surface area contributed by atoms with Crippen LogP contribution < -0.4 is 0 Å². The lowest BCUT2D eigenvalue weighted by atomic mass is 10.2. The SMILES string of the molecule is Cc1cc(C)n(C[C@H]2CCCN2C(=O)c2cc3ccccc3o2)n1. The Labute approximate surface area is 140 Å². The zero-order valence-corrected chi connectivity index (χ0v) is 14.0. The maximum atomic E-state index is 12.9. The Morgan fingerprint density at radius 1 is 1.29 bits per heavy atom. The molecule has 3 heterocycles. The minimum Gasteiger partial charge on any atom is -0.451 e. The molecule has 1 aliphatic heterocycles. The van der Waals surface area contributed by atoms with Crippen LogP contribution in [0, 0.1) is 13.8 Å². The summed E-state index contributed by atoms with van der Waals surface area (Å²) in [6, 6.07) is 11.8. The summed E-state index contributed by atoms with van der Waals surface area (Å²) >= 11 is 0. The van der Waals surface area contributed by atoms with Gasteiger partial charge in [0.2, 0.25) is 0 Å². The Balaban J connectivity index is 1.57. The molecule has 0 saturated carbocycles. The van der Waals surface area contributed by atoms with Crippen LogP contribution in [0.5, 0.6) is 0 Å². The molecule has 5 heteroatoms. The van der Waals surface area contributed by atoms with Gasteiger partial charge in [0.1, 0.15) is 5.58 Å². The lowest BCUT2D eigenvalue weighted by Crippen LogP contribution is -2.38. The van der Waals surface area contributed by atoms with Crippen molar-refractivity contribution < 1.29 is 9.21 Å². The monoisotopic (exact) mass is 323 g/mol. The van der Waals surface area contributed by atoms with Gasteiger partial charge in [0.25, 0.3) is 5.91 Å². The van der Waals surface area contributed by atoms with E-state index in [2.05, 4.69) is 18.1 Å². The van der Waals surface area contributed by atoms with Crippen LogP contribution in [0.4, 0.5) is 0 Å². The summed E-state index contributed by atoms with van der Waals surface area (Å²) in [5, 5.41) is 5.50. The fraction of sp³-hybridized carbons (Fsp3) is 0.368. The highest BCUT2D eigenvalue weighted by Gasteiger charge is 2.31. The Bertz CT molecular complexity index is 860. The van der Waals surface area contributed by atoms with E-state index in [0.717, 1.165) is 48.3 Å². The van der Waals surface area contributed by atoms with E-state index in [-0.39, 0.29) is 11.9 Å². The maximum Gasteiger partial charge on any atom is 0.289 e. The van der Waals surface area contributed by atoms with Crippen LogP contribution in [-0.2, 0) is 6.54 Å². The average molecular weight is 323 g/mol. The number of fused-ring (bicyclic) bond motifs is 1. The topological polar surface area (TPSA) is 51.3 Å². The molecule has 0 N–H and O–H groups in total. The second-order valence-corrected chi connectivity index (χ2v) is 6.55. The van der Waals surface area contributed by atoms with Crippen molar-refractivity contribution >= 4 is 16.9 Å². The minimum absolute atomic E-state index is 0.0183. The normalized spacial score (nSPS) is 17.8. The van der Waals surface area contributed by atoms with Crippen LogP contribution in [0.1, 0.15) is 34.8 Å². The third-order valence-electron chi connectivity index (χ3n) is 4.76. The predicted molar refractivity (Wildman–Crippen MR) is 92.0 cm³/mol. The quantitative estimate of drug-likeness (QED) is 0.740. The summed E-state index contributed by atoms with van der Waals surface area (Å²) < 4.78 is 7.76. The zero-order valence-electron chi connectivity index (χ0n) is 14.0. The van der Waals surface area contributed by atoms with Gasteiger partial charge >= 0.3 is 0 Å². The smallest absolute Gasteiger partial charge is 0.289 e. The van der Waals surface area contributed by atoms with Crippen molar-refractivity contribution in [3.8, 4) is 0 Å². The van der Waals surface area contributed by atoms with E-state index in [0.29, 0.717) is 5.76 Å². The number of nitrogens with zero attached hydrogens (tertiary/aromatic N) is 3. The van der Waals surface area contributed by atoms with Crippen molar-refractivity contribution in [2.24, 2.45) is 0 Å². The van der Waals surface area contributed by atoms with Crippen LogP contribution >= 0.6 is 0 Å². The van der Waals surface area contributed by atoms with E-state index in [1.807, 2.05) is 46.8 Å². The highest BCUT2D eigenvalue weighted by Crippen LogP contribution is 2.25. The van der Waals surface area contributed by atoms with Gasteiger partial charge in [0, 0.05) is 17.6 Å². The maximum absolute atomic E-state index is 12.9. The number of rotatable bonds is 3. The van der Waals surface area contributed by atoms with Crippen molar-refractivity contribution in [3.05, 3.63) is 53.5 Å². The van der Waals surface area contributed by atoms with Crippen molar-refractivity contribution in [3.63, 3.8) is 0 Å². The predicted octanol–water partition coefficient (Wildman–Crippen LogP) is 3.55. The number of carbonyl (C=O) groups excluding carboxylic acids is 1.